The molecule has 3 rings (SSSR count). The fraction of sp³-hybridized carbons (Fsp3) is 0.526. The van der Waals surface area contributed by atoms with Gasteiger partial charge in [0.05, 0.1) is 22.0 Å². The highest BCUT2D eigenvalue weighted by atomic mass is 35.5. The van der Waals surface area contributed by atoms with Gasteiger partial charge in [-0.05, 0) is 57.8 Å². The Morgan fingerprint density at radius 2 is 1.97 bits per heavy atom. The minimum absolute atomic E-state index is 0.0206. The summed E-state index contributed by atoms with van der Waals surface area (Å²) in [6, 6.07) is 1.86. The summed E-state index contributed by atoms with van der Waals surface area (Å²) in [6.45, 7) is 0.811. The van der Waals surface area contributed by atoms with E-state index in [0.717, 1.165) is 13.0 Å². The minimum Gasteiger partial charge on any atom is -0.504 e. The van der Waals surface area contributed by atoms with Crippen LogP contribution in [0.5, 0.6) is 5.75 Å². The molecule has 0 aromatic heterocycles. The number of hydrogen-bond donors (Lipinski definition) is 3. The van der Waals surface area contributed by atoms with Gasteiger partial charge in [-0.2, -0.15) is 0 Å². The summed E-state index contributed by atoms with van der Waals surface area (Å²) in [6.07, 6.45) is 4.32. The third kappa shape index (κ3) is 4.82. The SMILES string of the molecule is CN(C)C[C@H]1C[C@@H](S(=O)(=O)c2c(Cl)ccc(NC(=O)NC3CCC=C3Cl)c2O)C1. The standard InChI is InChI=1S/C19H25Cl2N3O4S/c1-24(2)10-11-8-12(9-11)29(27,28)18-14(21)6-7-16(17(18)25)23-19(26)22-15-5-3-4-13(15)20/h4,6-7,11-12,15,25H,3,5,8-10H2,1-2H3,(H2,22,23,26)/t11-,12+,15?. The summed E-state index contributed by atoms with van der Waals surface area (Å²) in [5, 5.41) is 15.7. The zero-order valence-corrected chi connectivity index (χ0v) is 18.6. The number of anilines is 1. The maximum absolute atomic E-state index is 13.0. The van der Waals surface area contributed by atoms with Crippen LogP contribution >= 0.6 is 23.2 Å². The van der Waals surface area contributed by atoms with Crippen LogP contribution in [0.1, 0.15) is 25.7 Å². The van der Waals surface area contributed by atoms with Crippen LogP contribution in [-0.4, -0.2) is 56.4 Å². The van der Waals surface area contributed by atoms with Crippen molar-refractivity contribution in [2.45, 2.75) is 41.9 Å². The number of carbonyl (C=O) groups is 1. The molecule has 0 aliphatic heterocycles. The molecule has 1 atom stereocenters. The van der Waals surface area contributed by atoms with E-state index < -0.39 is 26.9 Å². The Kier molecular flexibility index (Phi) is 6.67. The topological polar surface area (TPSA) is 98.7 Å². The molecule has 0 radical (unpaired) electrons. The van der Waals surface area contributed by atoms with E-state index in [1.807, 2.05) is 25.1 Å². The summed E-state index contributed by atoms with van der Waals surface area (Å²) < 4.78 is 26.1. The number of nitrogens with zero attached hydrogens (tertiary/aromatic N) is 1. The van der Waals surface area contributed by atoms with E-state index in [0.29, 0.717) is 30.2 Å². The molecule has 2 aliphatic rings. The van der Waals surface area contributed by atoms with Gasteiger partial charge in [-0.1, -0.05) is 29.3 Å². The lowest BCUT2D eigenvalue weighted by atomic mass is 9.84. The zero-order valence-electron chi connectivity index (χ0n) is 16.3. The largest absolute Gasteiger partial charge is 0.504 e. The Labute approximate surface area is 181 Å². The first-order valence-electron chi connectivity index (χ1n) is 9.42. The molecule has 3 N–H and O–H groups in total. The van der Waals surface area contributed by atoms with Crippen molar-refractivity contribution in [3.8, 4) is 5.75 Å². The smallest absolute Gasteiger partial charge is 0.319 e. The Bertz CT molecular complexity index is 928. The van der Waals surface area contributed by atoms with E-state index in [2.05, 4.69) is 10.6 Å². The van der Waals surface area contributed by atoms with Crippen LogP contribution in [0.2, 0.25) is 5.02 Å². The molecular formula is C19H25Cl2N3O4S. The summed E-state index contributed by atoms with van der Waals surface area (Å²) >= 11 is 12.2. The van der Waals surface area contributed by atoms with Gasteiger partial charge in [0, 0.05) is 11.6 Å². The third-order valence-electron chi connectivity index (χ3n) is 5.30. The molecule has 10 heteroatoms. The summed E-state index contributed by atoms with van der Waals surface area (Å²) in [4.78, 5) is 13.9. The highest BCUT2D eigenvalue weighted by molar-refractivity contribution is 7.92. The van der Waals surface area contributed by atoms with Crippen molar-refractivity contribution < 1.29 is 18.3 Å². The van der Waals surface area contributed by atoms with Gasteiger partial charge in [-0.15, -0.1) is 0 Å². The van der Waals surface area contributed by atoms with Gasteiger partial charge >= 0.3 is 6.03 Å². The average Bonchev–Trinajstić information content (AvgIpc) is 2.97. The number of rotatable bonds is 6. The molecule has 7 nitrogen and oxygen atoms in total. The predicted octanol–water partition coefficient (Wildman–Crippen LogP) is 3.57. The lowest BCUT2D eigenvalue weighted by Crippen LogP contribution is -2.40. The van der Waals surface area contributed by atoms with E-state index >= 15 is 0 Å². The van der Waals surface area contributed by atoms with E-state index in [-0.39, 0.29) is 21.6 Å². The lowest BCUT2D eigenvalue weighted by Gasteiger charge is -2.36. The molecule has 1 aromatic rings. The molecule has 160 valence electrons. The van der Waals surface area contributed by atoms with Crippen LogP contribution in [0, 0.1) is 5.92 Å². The van der Waals surface area contributed by atoms with Crippen LogP contribution in [0.4, 0.5) is 10.5 Å². The number of phenols is 1. The monoisotopic (exact) mass is 461 g/mol. The number of amides is 2. The minimum atomic E-state index is -3.82. The number of hydrogen-bond acceptors (Lipinski definition) is 5. The van der Waals surface area contributed by atoms with Gasteiger partial charge in [0.25, 0.3) is 0 Å². The van der Waals surface area contributed by atoms with E-state index in [9.17, 15) is 18.3 Å². The van der Waals surface area contributed by atoms with Gasteiger partial charge in [0.1, 0.15) is 4.90 Å². The Morgan fingerprint density at radius 3 is 2.55 bits per heavy atom. The van der Waals surface area contributed by atoms with Crippen molar-refractivity contribution in [1.82, 2.24) is 10.2 Å². The van der Waals surface area contributed by atoms with Crippen molar-refractivity contribution in [1.29, 1.82) is 0 Å². The maximum Gasteiger partial charge on any atom is 0.319 e. The second-order valence-corrected chi connectivity index (χ2v) is 10.9. The number of nitrogens with one attached hydrogen (secondary N) is 2. The molecule has 2 aliphatic carbocycles. The van der Waals surface area contributed by atoms with E-state index in [1.165, 1.54) is 12.1 Å². The summed E-state index contributed by atoms with van der Waals surface area (Å²) in [5.74, 6) is -0.251. The third-order valence-corrected chi connectivity index (χ3v) is 8.39. The van der Waals surface area contributed by atoms with Gasteiger partial charge in [-0.3, -0.25) is 0 Å². The number of carbonyl (C=O) groups excluding carboxylic acids is 1. The van der Waals surface area contributed by atoms with Crippen molar-refractivity contribution in [2.75, 3.05) is 26.0 Å². The molecule has 0 saturated heterocycles. The highest BCUT2D eigenvalue weighted by Gasteiger charge is 2.42. The molecule has 1 fully saturated rings. The maximum atomic E-state index is 13.0. The Hall–Kier alpha value is -1.48. The van der Waals surface area contributed by atoms with Crippen LogP contribution in [0.25, 0.3) is 0 Å². The molecule has 1 unspecified atom stereocenters. The first kappa shape index (κ1) is 22.2. The van der Waals surface area contributed by atoms with Crippen molar-refractivity contribution in [3.05, 3.63) is 28.3 Å². The quantitative estimate of drug-likeness (QED) is 0.562. The molecule has 2 amide bonds. The van der Waals surface area contributed by atoms with Gasteiger partial charge in [-0.25, -0.2) is 13.2 Å². The van der Waals surface area contributed by atoms with Crippen LogP contribution in [0.15, 0.2) is 28.1 Å². The second-order valence-electron chi connectivity index (χ2n) is 7.86. The molecule has 0 spiro atoms. The lowest BCUT2D eigenvalue weighted by molar-refractivity contribution is 0.232. The van der Waals surface area contributed by atoms with Crippen LogP contribution in [-0.2, 0) is 9.84 Å². The average molecular weight is 462 g/mol. The fourth-order valence-electron chi connectivity index (χ4n) is 3.80. The number of aromatic hydroxyl groups is 1. The van der Waals surface area contributed by atoms with Gasteiger partial charge < -0.3 is 20.6 Å². The fourth-order valence-corrected chi connectivity index (χ4v) is 6.66. The molecule has 29 heavy (non-hydrogen) atoms. The van der Waals surface area contributed by atoms with Crippen LogP contribution < -0.4 is 10.6 Å². The van der Waals surface area contributed by atoms with Gasteiger partial charge in [0.15, 0.2) is 15.6 Å². The molecular weight excluding hydrogens is 437 g/mol. The van der Waals surface area contributed by atoms with Gasteiger partial charge in [0.2, 0.25) is 0 Å². The highest BCUT2D eigenvalue weighted by Crippen LogP contribution is 2.44. The van der Waals surface area contributed by atoms with E-state index in [1.54, 1.807) is 0 Å². The van der Waals surface area contributed by atoms with Crippen LogP contribution in [0.3, 0.4) is 0 Å². The van der Waals surface area contributed by atoms with Crippen molar-refractivity contribution in [2.24, 2.45) is 5.92 Å². The number of phenolic OH excluding ortho intramolecular Hbond substituents is 1. The molecule has 1 saturated carbocycles. The summed E-state index contributed by atoms with van der Waals surface area (Å²) in [7, 11) is 0.0633. The second kappa shape index (κ2) is 8.71. The first-order valence-corrected chi connectivity index (χ1v) is 11.7. The Morgan fingerprint density at radius 1 is 1.28 bits per heavy atom. The van der Waals surface area contributed by atoms with E-state index in [4.69, 9.17) is 23.2 Å². The number of allylic oxidation sites excluding steroid dienone is 1. The van der Waals surface area contributed by atoms with Crippen molar-refractivity contribution >= 4 is 44.8 Å². The van der Waals surface area contributed by atoms with Crippen molar-refractivity contribution in [3.63, 3.8) is 0 Å². The predicted molar refractivity (Wildman–Crippen MR) is 114 cm³/mol. The molecule has 0 heterocycles. The number of benzene rings is 1. The zero-order chi connectivity index (χ0) is 21.3. The molecule has 0 bridgehead atoms. The first-order chi connectivity index (χ1) is 13.6. The number of halogens is 2. The normalized spacial score (nSPS) is 24.2. The number of urea groups is 1. The Balaban J connectivity index is 1.75. The number of sulfone groups is 1. The molecule has 1 aromatic carbocycles. The summed E-state index contributed by atoms with van der Waals surface area (Å²) in [5.41, 5.74) is -0.0206.